The normalized spacial score (nSPS) is 16.5. The summed E-state index contributed by atoms with van der Waals surface area (Å²) >= 11 is 0. The van der Waals surface area contributed by atoms with Crippen LogP contribution in [0.5, 0.6) is 17.2 Å². The summed E-state index contributed by atoms with van der Waals surface area (Å²) in [5.74, 6) is 1.98. The van der Waals surface area contributed by atoms with Gasteiger partial charge < -0.3 is 18.6 Å². The Morgan fingerprint density at radius 2 is 1.86 bits per heavy atom. The first-order chi connectivity index (χ1) is 13.7. The lowest BCUT2D eigenvalue weighted by Crippen LogP contribution is -2.33. The van der Waals surface area contributed by atoms with E-state index in [1.165, 1.54) is 12.8 Å². The molecule has 144 valence electrons. The van der Waals surface area contributed by atoms with Crippen molar-refractivity contribution in [3.05, 3.63) is 52.4 Å². The maximum atomic E-state index is 12.8. The van der Waals surface area contributed by atoms with Crippen molar-refractivity contribution in [2.45, 2.75) is 25.4 Å². The van der Waals surface area contributed by atoms with Crippen LogP contribution in [0.15, 0.2) is 45.6 Å². The molecule has 2 heterocycles. The topological polar surface area (TPSA) is 61.1 Å². The maximum absolute atomic E-state index is 12.8. The van der Waals surface area contributed by atoms with Crippen LogP contribution in [0, 0.1) is 0 Å². The largest absolute Gasteiger partial charge is 0.493 e. The fourth-order valence-electron chi connectivity index (χ4n) is 3.79. The van der Waals surface area contributed by atoms with Gasteiger partial charge in [-0.3, -0.25) is 4.90 Å². The molecule has 6 heteroatoms. The van der Waals surface area contributed by atoms with Gasteiger partial charge in [0.1, 0.15) is 18.1 Å². The number of ether oxygens (including phenoxy) is 3. The molecule has 1 aliphatic heterocycles. The van der Waals surface area contributed by atoms with Crippen molar-refractivity contribution >= 4 is 11.0 Å². The van der Waals surface area contributed by atoms with E-state index in [0.29, 0.717) is 35.4 Å². The fraction of sp³-hybridized carbons (Fsp3) is 0.318. The van der Waals surface area contributed by atoms with E-state index in [2.05, 4.69) is 4.90 Å². The molecule has 5 rings (SSSR count). The third-order valence-corrected chi connectivity index (χ3v) is 5.47. The molecular weight excluding hydrogens is 358 g/mol. The van der Waals surface area contributed by atoms with E-state index < -0.39 is 0 Å². The highest BCUT2D eigenvalue weighted by atomic mass is 16.5. The van der Waals surface area contributed by atoms with Crippen molar-refractivity contribution in [3.8, 4) is 28.4 Å². The Balaban J connectivity index is 1.61. The van der Waals surface area contributed by atoms with Crippen molar-refractivity contribution < 1.29 is 18.6 Å². The molecule has 1 aliphatic carbocycles. The summed E-state index contributed by atoms with van der Waals surface area (Å²) in [6.07, 6.45) is 2.41. The molecule has 0 atom stereocenters. The van der Waals surface area contributed by atoms with E-state index in [4.69, 9.17) is 18.6 Å². The van der Waals surface area contributed by atoms with Gasteiger partial charge in [-0.2, -0.15) is 0 Å². The second kappa shape index (κ2) is 6.56. The first kappa shape index (κ1) is 17.1. The van der Waals surface area contributed by atoms with Crippen LogP contribution in [0.25, 0.3) is 22.1 Å². The molecule has 0 spiro atoms. The molecule has 0 unspecified atom stereocenters. The Morgan fingerprint density at radius 1 is 1.04 bits per heavy atom. The Morgan fingerprint density at radius 3 is 2.61 bits per heavy atom. The second-order valence-electron chi connectivity index (χ2n) is 7.23. The number of hydrogen-bond acceptors (Lipinski definition) is 6. The number of benzene rings is 2. The highest BCUT2D eigenvalue weighted by Crippen LogP contribution is 2.38. The Kier molecular flexibility index (Phi) is 4.02. The Labute approximate surface area is 162 Å². The van der Waals surface area contributed by atoms with Crippen LogP contribution in [0.1, 0.15) is 18.4 Å². The zero-order valence-corrected chi connectivity index (χ0v) is 15.9. The molecule has 0 amide bonds. The lowest BCUT2D eigenvalue weighted by molar-refractivity contribution is 0.0885. The van der Waals surface area contributed by atoms with Crippen molar-refractivity contribution in [1.82, 2.24) is 4.90 Å². The van der Waals surface area contributed by atoms with Gasteiger partial charge in [0.15, 0.2) is 11.5 Å². The van der Waals surface area contributed by atoms with Gasteiger partial charge in [0.05, 0.1) is 25.3 Å². The van der Waals surface area contributed by atoms with E-state index in [1.807, 2.05) is 24.3 Å². The second-order valence-corrected chi connectivity index (χ2v) is 7.23. The van der Waals surface area contributed by atoms with Crippen LogP contribution in [0.2, 0.25) is 0 Å². The highest BCUT2D eigenvalue weighted by molar-refractivity contribution is 5.86. The van der Waals surface area contributed by atoms with E-state index in [1.54, 1.807) is 26.4 Å². The van der Waals surface area contributed by atoms with Gasteiger partial charge in [0, 0.05) is 18.0 Å². The zero-order valence-electron chi connectivity index (χ0n) is 15.9. The molecule has 3 aromatic rings. The standard InChI is InChI=1S/C22H21NO5/c1-25-19-8-3-13(10-20(19)26-2)16-9-14-4-7-18-17(21(14)28-22(16)24)11-23(12-27-18)15-5-6-15/h3-4,7-10,15H,5-6,11-12H2,1-2H3. The minimum atomic E-state index is -0.378. The summed E-state index contributed by atoms with van der Waals surface area (Å²) in [6, 6.07) is 11.8. The average Bonchev–Trinajstić information content (AvgIpc) is 3.58. The Bertz CT molecular complexity index is 1120. The van der Waals surface area contributed by atoms with Crippen LogP contribution < -0.4 is 19.8 Å². The minimum absolute atomic E-state index is 0.378. The predicted octanol–water partition coefficient (Wildman–Crippen LogP) is 3.79. The van der Waals surface area contributed by atoms with Gasteiger partial charge in [-0.1, -0.05) is 6.07 Å². The molecule has 0 bridgehead atoms. The summed E-state index contributed by atoms with van der Waals surface area (Å²) in [5, 5.41) is 0.879. The summed E-state index contributed by atoms with van der Waals surface area (Å²) in [5.41, 5.74) is 2.39. The molecule has 1 saturated carbocycles. The van der Waals surface area contributed by atoms with Crippen molar-refractivity contribution in [3.63, 3.8) is 0 Å². The van der Waals surface area contributed by atoms with Crippen molar-refractivity contribution in [1.29, 1.82) is 0 Å². The number of hydrogen-bond donors (Lipinski definition) is 0. The van der Waals surface area contributed by atoms with Gasteiger partial charge in [0.2, 0.25) is 0 Å². The molecular formula is C22H21NO5. The number of nitrogens with zero attached hydrogens (tertiary/aromatic N) is 1. The summed E-state index contributed by atoms with van der Waals surface area (Å²) in [6.45, 7) is 1.34. The lowest BCUT2D eigenvalue weighted by Gasteiger charge is -2.29. The van der Waals surface area contributed by atoms with E-state index in [-0.39, 0.29) is 5.63 Å². The molecule has 1 aromatic heterocycles. The van der Waals surface area contributed by atoms with Crippen LogP contribution >= 0.6 is 0 Å². The molecule has 28 heavy (non-hydrogen) atoms. The average molecular weight is 379 g/mol. The minimum Gasteiger partial charge on any atom is -0.493 e. The van der Waals surface area contributed by atoms with Gasteiger partial charge in [-0.05, 0) is 48.7 Å². The number of methoxy groups -OCH3 is 2. The molecule has 1 fully saturated rings. The third-order valence-electron chi connectivity index (χ3n) is 5.47. The molecule has 0 saturated heterocycles. The van der Waals surface area contributed by atoms with E-state index >= 15 is 0 Å². The molecule has 0 radical (unpaired) electrons. The maximum Gasteiger partial charge on any atom is 0.344 e. The summed E-state index contributed by atoms with van der Waals surface area (Å²) < 4.78 is 22.3. The molecule has 2 aliphatic rings. The first-order valence-electron chi connectivity index (χ1n) is 9.37. The van der Waals surface area contributed by atoms with Gasteiger partial charge in [0.25, 0.3) is 0 Å². The SMILES string of the molecule is COc1ccc(-c2cc3ccc4c(c3oc2=O)CN(C2CC2)CO4)cc1OC. The fourth-order valence-corrected chi connectivity index (χ4v) is 3.79. The van der Waals surface area contributed by atoms with Gasteiger partial charge in [-0.25, -0.2) is 4.79 Å². The first-order valence-corrected chi connectivity index (χ1v) is 9.37. The number of rotatable bonds is 4. The van der Waals surface area contributed by atoms with Crippen LogP contribution in [0.3, 0.4) is 0 Å². The molecule has 0 N–H and O–H groups in total. The van der Waals surface area contributed by atoms with Gasteiger partial charge >= 0.3 is 5.63 Å². The number of fused-ring (bicyclic) bond motifs is 3. The highest BCUT2D eigenvalue weighted by Gasteiger charge is 2.33. The Hall–Kier alpha value is -2.99. The van der Waals surface area contributed by atoms with Crippen LogP contribution in [0.4, 0.5) is 0 Å². The molecule has 6 nitrogen and oxygen atoms in total. The van der Waals surface area contributed by atoms with Crippen LogP contribution in [-0.4, -0.2) is 31.9 Å². The van der Waals surface area contributed by atoms with E-state index in [9.17, 15) is 4.79 Å². The lowest BCUT2D eigenvalue weighted by atomic mass is 10.0. The van der Waals surface area contributed by atoms with Gasteiger partial charge in [-0.15, -0.1) is 0 Å². The van der Waals surface area contributed by atoms with Crippen molar-refractivity contribution in [2.75, 3.05) is 21.0 Å². The smallest absolute Gasteiger partial charge is 0.344 e. The predicted molar refractivity (Wildman–Crippen MR) is 105 cm³/mol. The monoisotopic (exact) mass is 379 g/mol. The zero-order chi connectivity index (χ0) is 19.3. The third kappa shape index (κ3) is 2.81. The summed E-state index contributed by atoms with van der Waals surface area (Å²) in [4.78, 5) is 15.1. The quantitative estimate of drug-likeness (QED) is 0.643. The van der Waals surface area contributed by atoms with Crippen LogP contribution in [-0.2, 0) is 6.54 Å². The van der Waals surface area contributed by atoms with Crippen molar-refractivity contribution in [2.24, 2.45) is 0 Å². The summed E-state index contributed by atoms with van der Waals surface area (Å²) in [7, 11) is 3.15. The van der Waals surface area contributed by atoms with E-state index in [0.717, 1.165) is 28.8 Å². The molecule has 2 aromatic carbocycles.